The zero-order chi connectivity index (χ0) is 17.2. The molecule has 0 unspecified atom stereocenters. The summed E-state index contributed by atoms with van der Waals surface area (Å²) in [5.74, 6) is -4.04. The molecule has 8 heteroatoms. The van der Waals surface area contributed by atoms with Crippen molar-refractivity contribution in [1.29, 1.82) is 0 Å². The highest BCUT2D eigenvalue weighted by molar-refractivity contribution is 6.05. The van der Waals surface area contributed by atoms with Gasteiger partial charge in [0.2, 0.25) is 0 Å². The van der Waals surface area contributed by atoms with E-state index in [1.54, 1.807) is 0 Å². The molecular formula is C15H16O8. The molecule has 0 fully saturated rings. The number of rotatable bonds is 8. The van der Waals surface area contributed by atoms with Gasteiger partial charge in [0, 0.05) is 13.0 Å². The molecule has 8 nitrogen and oxygen atoms in total. The molecule has 0 aliphatic heterocycles. The SMILES string of the molecule is O=C(O)CCC(=O)OC(=O)c1ccccc1C(=O)OCCCO. The van der Waals surface area contributed by atoms with Crippen molar-refractivity contribution >= 4 is 23.9 Å². The van der Waals surface area contributed by atoms with E-state index >= 15 is 0 Å². The highest BCUT2D eigenvalue weighted by Gasteiger charge is 2.21. The first-order valence-corrected chi connectivity index (χ1v) is 6.79. The molecule has 1 aromatic rings. The Hall–Kier alpha value is -2.74. The van der Waals surface area contributed by atoms with Crippen molar-refractivity contribution in [3.63, 3.8) is 0 Å². The van der Waals surface area contributed by atoms with Gasteiger partial charge in [0.1, 0.15) is 0 Å². The van der Waals surface area contributed by atoms with E-state index in [0.717, 1.165) is 0 Å². The van der Waals surface area contributed by atoms with Crippen LogP contribution in [0.15, 0.2) is 24.3 Å². The molecule has 2 N–H and O–H groups in total. The molecule has 0 aliphatic carbocycles. The number of aliphatic carboxylic acids is 1. The van der Waals surface area contributed by atoms with Crippen molar-refractivity contribution in [3.05, 3.63) is 35.4 Å². The maximum atomic E-state index is 11.9. The number of carboxylic acids is 1. The van der Waals surface area contributed by atoms with Crippen molar-refractivity contribution in [2.24, 2.45) is 0 Å². The largest absolute Gasteiger partial charge is 0.481 e. The van der Waals surface area contributed by atoms with Gasteiger partial charge < -0.3 is 19.7 Å². The van der Waals surface area contributed by atoms with Gasteiger partial charge in [-0.1, -0.05) is 12.1 Å². The van der Waals surface area contributed by atoms with Crippen LogP contribution in [-0.2, 0) is 19.1 Å². The summed E-state index contributed by atoms with van der Waals surface area (Å²) < 4.78 is 9.39. The quantitative estimate of drug-likeness (QED) is 0.408. The fraction of sp³-hybridized carbons (Fsp3) is 0.333. The molecule has 1 rings (SSSR count). The molecule has 0 aromatic heterocycles. The Bertz CT molecular complexity index is 593. The van der Waals surface area contributed by atoms with Gasteiger partial charge in [0.25, 0.3) is 0 Å². The molecule has 23 heavy (non-hydrogen) atoms. The summed E-state index contributed by atoms with van der Waals surface area (Å²) >= 11 is 0. The maximum absolute atomic E-state index is 11.9. The van der Waals surface area contributed by atoms with Gasteiger partial charge in [0.05, 0.1) is 30.6 Å². The third kappa shape index (κ3) is 6.27. The smallest absolute Gasteiger partial charge is 0.346 e. The summed E-state index contributed by atoms with van der Waals surface area (Å²) in [5.41, 5.74) is -0.244. The van der Waals surface area contributed by atoms with E-state index in [4.69, 9.17) is 14.9 Å². The number of ether oxygens (including phenoxy) is 2. The third-order valence-corrected chi connectivity index (χ3v) is 2.65. The van der Waals surface area contributed by atoms with Crippen LogP contribution in [0.5, 0.6) is 0 Å². The summed E-state index contributed by atoms with van der Waals surface area (Å²) in [4.78, 5) is 45.5. The average Bonchev–Trinajstić information content (AvgIpc) is 2.53. The van der Waals surface area contributed by atoms with Crippen LogP contribution in [0.2, 0.25) is 0 Å². The lowest BCUT2D eigenvalue weighted by atomic mass is 10.1. The number of benzene rings is 1. The Morgan fingerprint density at radius 2 is 1.57 bits per heavy atom. The molecule has 0 saturated heterocycles. The molecule has 0 spiro atoms. The lowest BCUT2D eigenvalue weighted by molar-refractivity contribution is -0.144. The van der Waals surface area contributed by atoms with Gasteiger partial charge in [-0.2, -0.15) is 0 Å². The van der Waals surface area contributed by atoms with Crippen LogP contribution in [0.3, 0.4) is 0 Å². The van der Waals surface area contributed by atoms with Crippen LogP contribution in [0.1, 0.15) is 40.0 Å². The first kappa shape index (κ1) is 18.3. The molecule has 0 amide bonds. The lowest BCUT2D eigenvalue weighted by Crippen LogP contribution is -2.18. The van der Waals surface area contributed by atoms with E-state index < -0.39 is 36.7 Å². The van der Waals surface area contributed by atoms with E-state index in [1.165, 1.54) is 24.3 Å². The van der Waals surface area contributed by atoms with Crippen molar-refractivity contribution < 1.29 is 38.9 Å². The monoisotopic (exact) mass is 324 g/mol. The fourth-order valence-electron chi connectivity index (χ4n) is 1.56. The second-order valence-electron chi connectivity index (χ2n) is 4.41. The van der Waals surface area contributed by atoms with E-state index in [-0.39, 0.29) is 30.8 Å². The molecule has 0 aliphatic rings. The second kappa shape index (κ2) is 9.31. The maximum Gasteiger partial charge on any atom is 0.346 e. The van der Waals surface area contributed by atoms with Gasteiger partial charge in [-0.25, -0.2) is 9.59 Å². The summed E-state index contributed by atoms with van der Waals surface area (Å²) in [5, 5.41) is 17.1. The van der Waals surface area contributed by atoms with E-state index in [1.807, 2.05) is 0 Å². The first-order valence-electron chi connectivity index (χ1n) is 6.79. The van der Waals surface area contributed by atoms with Crippen molar-refractivity contribution in [2.75, 3.05) is 13.2 Å². The number of carboxylic acid groups (broad SMARTS) is 1. The van der Waals surface area contributed by atoms with Crippen LogP contribution < -0.4 is 0 Å². The molecule has 0 saturated carbocycles. The van der Waals surface area contributed by atoms with Gasteiger partial charge >= 0.3 is 23.9 Å². The van der Waals surface area contributed by atoms with Crippen molar-refractivity contribution in [1.82, 2.24) is 0 Å². The molecule has 124 valence electrons. The normalized spacial score (nSPS) is 9.96. The third-order valence-electron chi connectivity index (χ3n) is 2.65. The Morgan fingerprint density at radius 3 is 2.13 bits per heavy atom. The molecule has 0 heterocycles. The minimum Gasteiger partial charge on any atom is -0.481 e. The van der Waals surface area contributed by atoms with Gasteiger partial charge in [-0.05, 0) is 12.1 Å². The second-order valence-corrected chi connectivity index (χ2v) is 4.41. The first-order chi connectivity index (χ1) is 11.0. The van der Waals surface area contributed by atoms with Crippen LogP contribution >= 0.6 is 0 Å². The zero-order valence-corrected chi connectivity index (χ0v) is 12.2. The molecule has 1 aromatic carbocycles. The number of carbonyl (C=O) groups is 4. The number of carbonyl (C=O) groups excluding carboxylic acids is 3. The standard InChI is InChI=1S/C15H16O8/c16-8-3-9-22-14(20)10-4-1-2-5-11(10)15(21)23-13(19)7-6-12(17)18/h1-2,4-5,16H,3,6-9H2,(H,17,18). The predicted octanol–water partition coefficient (Wildman–Crippen LogP) is 0.774. The minimum absolute atomic E-state index is 0.0176. The number of aliphatic hydroxyl groups is 1. The lowest BCUT2D eigenvalue weighted by Gasteiger charge is -2.08. The molecule has 0 bridgehead atoms. The van der Waals surface area contributed by atoms with E-state index in [2.05, 4.69) is 4.74 Å². The molecular weight excluding hydrogens is 308 g/mol. The highest BCUT2D eigenvalue weighted by Crippen LogP contribution is 2.13. The molecule has 0 radical (unpaired) electrons. The van der Waals surface area contributed by atoms with E-state index in [0.29, 0.717) is 0 Å². The number of hydrogen-bond donors (Lipinski definition) is 2. The average molecular weight is 324 g/mol. The van der Waals surface area contributed by atoms with E-state index in [9.17, 15) is 19.2 Å². The topological polar surface area (TPSA) is 127 Å². The highest BCUT2D eigenvalue weighted by atomic mass is 16.6. The van der Waals surface area contributed by atoms with Crippen LogP contribution in [0.4, 0.5) is 0 Å². The Balaban J connectivity index is 2.75. The zero-order valence-electron chi connectivity index (χ0n) is 12.2. The predicted molar refractivity (Wildman–Crippen MR) is 75.7 cm³/mol. The Morgan fingerprint density at radius 1 is 0.957 bits per heavy atom. The number of hydrogen-bond acceptors (Lipinski definition) is 7. The van der Waals surface area contributed by atoms with Crippen molar-refractivity contribution in [2.45, 2.75) is 19.3 Å². The van der Waals surface area contributed by atoms with Crippen LogP contribution in [0, 0.1) is 0 Å². The van der Waals surface area contributed by atoms with Gasteiger partial charge in [-0.3, -0.25) is 9.59 Å². The van der Waals surface area contributed by atoms with Crippen LogP contribution in [0.25, 0.3) is 0 Å². The Kier molecular flexibility index (Phi) is 7.41. The summed E-state index contributed by atoms with van der Waals surface area (Å²) in [6.07, 6.45) is -0.660. The molecule has 0 atom stereocenters. The van der Waals surface area contributed by atoms with Crippen molar-refractivity contribution in [3.8, 4) is 0 Å². The van der Waals surface area contributed by atoms with Crippen LogP contribution in [-0.4, -0.2) is 47.3 Å². The van der Waals surface area contributed by atoms with Gasteiger partial charge in [-0.15, -0.1) is 0 Å². The Labute approximate surface area is 131 Å². The summed E-state index contributed by atoms with van der Waals surface area (Å²) in [7, 11) is 0. The summed E-state index contributed by atoms with van der Waals surface area (Å²) in [6, 6.07) is 5.60. The minimum atomic E-state index is -1.19. The fourth-order valence-corrected chi connectivity index (χ4v) is 1.56. The summed E-state index contributed by atoms with van der Waals surface area (Å²) in [6.45, 7) is -0.161. The number of aliphatic hydroxyl groups excluding tert-OH is 1. The number of esters is 3. The van der Waals surface area contributed by atoms with Gasteiger partial charge in [0.15, 0.2) is 0 Å².